The maximum Gasteiger partial charge on any atom is 0.305 e. The Hall–Kier alpha value is -1.81. The molecule has 19 heavy (non-hydrogen) atoms. The molecule has 0 fully saturated rings. The Morgan fingerprint density at radius 3 is 2.79 bits per heavy atom. The van der Waals surface area contributed by atoms with Crippen LogP contribution in [0.1, 0.15) is 13.3 Å². The lowest BCUT2D eigenvalue weighted by Gasteiger charge is -1.95. The maximum absolute atomic E-state index is 10.5. The lowest BCUT2D eigenvalue weighted by atomic mass is 10.5. The molecule has 0 unspecified atom stereocenters. The number of hydrogen-bond acceptors (Lipinski definition) is 9. The molecule has 0 amide bonds. The fourth-order valence-electron chi connectivity index (χ4n) is 1.09. The first-order chi connectivity index (χ1) is 9.19. The Kier molecular flexibility index (Phi) is 4.58. The van der Waals surface area contributed by atoms with Crippen LogP contribution in [0.15, 0.2) is 21.9 Å². The molecule has 0 aliphatic rings. The number of nitrogens with zero attached hydrogens (tertiary/aromatic N) is 5. The van der Waals surface area contributed by atoms with Crippen molar-refractivity contribution in [1.82, 2.24) is 20.2 Å². The molecule has 0 spiro atoms. The molecule has 2 aromatic heterocycles. The highest BCUT2D eigenvalue weighted by molar-refractivity contribution is 8.00. The molecule has 0 saturated heterocycles. The second kappa shape index (κ2) is 6.38. The van der Waals surface area contributed by atoms with Gasteiger partial charge in [-0.3, -0.25) is 10.1 Å². The van der Waals surface area contributed by atoms with E-state index in [1.165, 1.54) is 35.5 Å². The molecule has 0 aliphatic heterocycles. The van der Waals surface area contributed by atoms with Gasteiger partial charge in [-0.25, -0.2) is 9.97 Å². The summed E-state index contributed by atoms with van der Waals surface area (Å²) in [6, 6.07) is 0. The minimum atomic E-state index is -0.536. The lowest BCUT2D eigenvalue weighted by Crippen LogP contribution is -1.98. The van der Waals surface area contributed by atoms with Gasteiger partial charge in [-0.2, -0.15) is 0 Å². The lowest BCUT2D eigenvalue weighted by molar-refractivity contribution is -0.385. The molecule has 2 heterocycles. The summed E-state index contributed by atoms with van der Waals surface area (Å²) in [6.45, 7) is 2.90. The molecule has 0 atom stereocenters. The summed E-state index contributed by atoms with van der Waals surface area (Å²) in [5, 5.41) is 22.7. The molecular formula is C9H10N6O2S2. The standard InChI is InChI=1S/C9H10N6O2S2/c1-2-3-10-8-13-14-9(19-8)18-7-11-4-6(5-12-7)15(16)17/h4-5H,2-3H2,1H3,(H,10,13). The first-order valence-electron chi connectivity index (χ1n) is 5.40. The van der Waals surface area contributed by atoms with E-state index in [1.54, 1.807) is 0 Å². The van der Waals surface area contributed by atoms with Crippen molar-refractivity contribution in [2.24, 2.45) is 0 Å². The quantitative estimate of drug-likeness (QED) is 0.491. The van der Waals surface area contributed by atoms with E-state index in [0.717, 1.165) is 18.1 Å². The van der Waals surface area contributed by atoms with Gasteiger partial charge in [-0.1, -0.05) is 18.3 Å². The fraction of sp³-hybridized carbons (Fsp3) is 0.333. The maximum atomic E-state index is 10.5. The monoisotopic (exact) mass is 298 g/mol. The van der Waals surface area contributed by atoms with Gasteiger partial charge in [0.1, 0.15) is 12.4 Å². The smallest absolute Gasteiger partial charge is 0.305 e. The number of nitro groups is 1. The first-order valence-corrected chi connectivity index (χ1v) is 7.04. The highest BCUT2D eigenvalue weighted by Crippen LogP contribution is 2.29. The molecule has 0 radical (unpaired) electrons. The minimum absolute atomic E-state index is 0.132. The largest absolute Gasteiger partial charge is 0.360 e. The third-order valence-electron chi connectivity index (χ3n) is 1.94. The highest BCUT2D eigenvalue weighted by Gasteiger charge is 2.10. The van der Waals surface area contributed by atoms with Crippen LogP contribution in [0.3, 0.4) is 0 Å². The summed E-state index contributed by atoms with van der Waals surface area (Å²) in [6.07, 6.45) is 3.35. The van der Waals surface area contributed by atoms with E-state index in [-0.39, 0.29) is 5.69 Å². The van der Waals surface area contributed by atoms with Gasteiger partial charge in [0.15, 0.2) is 9.50 Å². The predicted molar refractivity (Wildman–Crippen MR) is 71.5 cm³/mol. The molecular weight excluding hydrogens is 288 g/mol. The fourth-order valence-corrected chi connectivity index (χ4v) is 2.67. The van der Waals surface area contributed by atoms with E-state index < -0.39 is 4.92 Å². The van der Waals surface area contributed by atoms with Crippen LogP contribution in [0.4, 0.5) is 10.8 Å². The topological polar surface area (TPSA) is 107 Å². The number of hydrogen-bond donors (Lipinski definition) is 1. The summed E-state index contributed by atoms with van der Waals surface area (Å²) in [7, 11) is 0. The number of aromatic nitrogens is 4. The molecule has 0 aliphatic carbocycles. The van der Waals surface area contributed by atoms with Gasteiger partial charge in [0.05, 0.1) is 4.92 Å². The van der Waals surface area contributed by atoms with Crippen LogP contribution in [0.5, 0.6) is 0 Å². The Labute approximate surface area is 116 Å². The summed E-state index contributed by atoms with van der Waals surface area (Å²) in [5.74, 6) is 0. The van der Waals surface area contributed by atoms with Crippen molar-refractivity contribution < 1.29 is 4.92 Å². The molecule has 2 rings (SSSR count). The normalized spacial score (nSPS) is 10.4. The molecule has 0 bridgehead atoms. The van der Waals surface area contributed by atoms with E-state index in [4.69, 9.17) is 0 Å². The third kappa shape index (κ3) is 3.83. The molecule has 2 aromatic rings. The predicted octanol–water partition coefficient (Wildman–Crippen LogP) is 2.21. The van der Waals surface area contributed by atoms with Crippen LogP contribution in [0, 0.1) is 10.1 Å². The van der Waals surface area contributed by atoms with E-state index >= 15 is 0 Å². The van der Waals surface area contributed by atoms with Gasteiger partial charge in [0.25, 0.3) is 0 Å². The van der Waals surface area contributed by atoms with E-state index in [9.17, 15) is 10.1 Å². The van der Waals surface area contributed by atoms with E-state index in [2.05, 4.69) is 32.4 Å². The summed E-state index contributed by atoms with van der Waals surface area (Å²) in [5.41, 5.74) is -0.132. The van der Waals surface area contributed by atoms with Crippen LogP contribution in [0.2, 0.25) is 0 Å². The van der Waals surface area contributed by atoms with Crippen molar-refractivity contribution in [3.8, 4) is 0 Å². The second-order valence-corrected chi connectivity index (χ2v) is 5.57. The van der Waals surface area contributed by atoms with E-state index in [0.29, 0.717) is 9.50 Å². The summed E-state index contributed by atoms with van der Waals surface area (Å²) >= 11 is 2.62. The first kappa shape index (κ1) is 13.6. The molecule has 8 nitrogen and oxygen atoms in total. The zero-order valence-corrected chi connectivity index (χ0v) is 11.6. The number of rotatable bonds is 6. The third-order valence-corrected chi connectivity index (χ3v) is 3.76. The molecule has 0 saturated carbocycles. The molecule has 0 aromatic carbocycles. The van der Waals surface area contributed by atoms with Gasteiger partial charge in [-0.15, -0.1) is 10.2 Å². The molecule has 100 valence electrons. The van der Waals surface area contributed by atoms with Crippen molar-refractivity contribution in [2.75, 3.05) is 11.9 Å². The summed E-state index contributed by atoms with van der Waals surface area (Å²) in [4.78, 5) is 17.7. The van der Waals surface area contributed by atoms with Gasteiger partial charge in [0, 0.05) is 6.54 Å². The SMILES string of the molecule is CCCNc1nnc(Sc2ncc([N+](=O)[O-])cn2)s1. The molecule has 1 N–H and O–H groups in total. The number of anilines is 1. The summed E-state index contributed by atoms with van der Waals surface area (Å²) < 4.78 is 0.687. The van der Waals surface area contributed by atoms with Crippen LogP contribution in [0.25, 0.3) is 0 Å². The molecule has 10 heteroatoms. The van der Waals surface area contributed by atoms with Crippen LogP contribution in [-0.2, 0) is 0 Å². The zero-order valence-electron chi connectivity index (χ0n) is 9.94. The Morgan fingerprint density at radius 2 is 2.16 bits per heavy atom. The van der Waals surface area contributed by atoms with Gasteiger partial charge >= 0.3 is 5.69 Å². The highest BCUT2D eigenvalue weighted by atomic mass is 32.2. The number of nitrogens with one attached hydrogen (secondary N) is 1. The average Bonchev–Trinajstić information content (AvgIpc) is 2.84. The van der Waals surface area contributed by atoms with Gasteiger partial charge in [-0.05, 0) is 18.2 Å². The second-order valence-electron chi connectivity index (χ2n) is 3.38. The van der Waals surface area contributed by atoms with Crippen molar-refractivity contribution in [3.05, 3.63) is 22.5 Å². The van der Waals surface area contributed by atoms with E-state index in [1.807, 2.05) is 0 Å². The van der Waals surface area contributed by atoms with Crippen LogP contribution in [-0.4, -0.2) is 31.6 Å². The Bertz CT molecular complexity index is 558. The zero-order chi connectivity index (χ0) is 13.7. The Balaban J connectivity index is 2.00. The van der Waals surface area contributed by atoms with Crippen LogP contribution < -0.4 is 5.32 Å². The van der Waals surface area contributed by atoms with Crippen molar-refractivity contribution in [2.45, 2.75) is 22.8 Å². The minimum Gasteiger partial charge on any atom is -0.360 e. The average molecular weight is 298 g/mol. The van der Waals surface area contributed by atoms with Crippen molar-refractivity contribution in [1.29, 1.82) is 0 Å². The van der Waals surface area contributed by atoms with Crippen molar-refractivity contribution in [3.63, 3.8) is 0 Å². The van der Waals surface area contributed by atoms with Gasteiger partial charge < -0.3 is 5.32 Å². The van der Waals surface area contributed by atoms with Crippen LogP contribution >= 0.6 is 23.1 Å². The van der Waals surface area contributed by atoms with Crippen molar-refractivity contribution >= 4 is 33.9 Å². The Morgan fingerprint density at radius 1 is 1.42 bits per heavy atom. The van der Waals surface area contributed by atoms with Gasteiger partial charge in [0.2, 0.25) is 5.13 Å².